The summed E-state index contributed by atoms with van der Waals surface area (Å²) < 4.78 is 0. The van der Waals surface area contributed by atoms with Crippen molar-refractivity contribution < 1.29 is 17.4 Å². The maximum atomic E-state index is 4.63. The fraction of sp³-hybridized carbons (Fsp3) is 0.900. The Bertz CT molecular complexity index is 535. The van der Waals surface area contributed by atoms with E-state index in [4.69, 9.17) is 0 Å². The van der Waals surface area contributed by atoms with E-state index in [1.807, 2.05) is 0 Å². The largest absolute Gasteiger partial charge is 2.00 e. The molecule has 0 aromatic carbocycles. The molecule has 4 rings (SSSR count). The van der Waals surface area contributed by atoms with Crippen molar-refractivity contribution in [2.75, 3.05) is 0 Å². The van der Waals surface area contributed by atoms with E-state index in [2.05, 4.69) is 76.0 Å². The van der Waals surface area contributed by atoms with Crippen molar-refractivity contribution in [3.63, 3.8) is 0 Å². The van der Waals surface area contributed by atoms with Crippen molar-refractivity contribution in [1.82, 2.24) is 0 Å². The molecule has 0 aromatic rings. The molecule has 25 heavy (non-hydrogen) atoms. The van der Waals surface area contributed by atoms with Crippen molar-refractivity contribution in [3.8, 4) is 0 Å². The molecule has 0 saturated carbocycles. The van der Waals surface area contributed by atoms with E-state index in [0.717, 1.165) is 11.7 Å². The minimum absolute atomic E-state index is 0. The first kappa shape index (κ1) is 20.8. The maximum absolute atomic E-state index is 4.63. The normalized spacial score (nSPS) is 34.2. The fourth-order valence-electron chi connectivity index (χ4n) is 4.76. The molecule has 2 unspecified atom stereocenters. The van der Waals surface area contributed by atoms with Crippen LogP contribution in [-0.4, -0.2) is 33.8 Å². The maximum Gasteiger partial charge on any atom is 2.00 e. The van der Waals surface area contributed by atoms with Gasteiger partial charge in [0.25, 0.3) is 0 Å². The second-order valence-corrected chi connectivity index (χ2v) is 10.6. The number of hydrogen-bond acceptors (Lipinski definition) is 2. The van der Waals surface area contributed by atoms with Gasteiger partial charge in [-0.1, -0.05) is 67.1 Å². The Morgan fingerprint density at radius 3 is 1.24 bits per heavy atom. The minimum atomic E-state index is 0. The van der Waals surface area contributed by atoms with Crippen LogP contribution in [0.25, 0.3) is 10.6 Å². The summed E-state index contributed by atoms with van der Waals surface area (Å²) in [7, 11) is 0. The molecular weight excluding hydrogens is 348 g/mol. The number of hydrogen-bond donors (Lipinski definition) is 0. The van der Waals surface area contributed by atoms with Gasteiger partial charge >= 0.3 is 17.4 Å². The molecule has 4 heterocycles. The molecule has 2 saturated heterocycles. The van der Waals surface area contributed by atoms with Crippen LogP contribution in [-0.2, 0) is 17.4 Å². The van der Waals surface area contributed by atoms with Crippen molar-refractivity contribution in [3.05, 3.63) is 10.6 Å². The van der Waals surface area contributed by atoms with E-state index < -0.39 is 0 Å². The van der Waals surface area contributed by atoms with Gasteiger partial charge < -0.3 is 20.6 Å². The standard InChI is InChI=1S/2C10H17N2.Cr/c2*1-9(2)5-7-6-10(3,4)12-8(7)11-9;/h2*7H,5-6H2,1-4H3;/q2*-1;+2. The molecular formula is C20H34CrN4. The van der Waals surface area contributed by atoms with Crippen LogP contribution in [0.1, 0.15) is 81.1 Å². The van der Waals surface area contributed by atoms with Crippen LogP contribution in [0, 0.1) is 11.8 Å². The number of aliphatic imine (C=N–C) groups is 2. The Kier molecular flexibility index (Phi) is 5.21. The van der Waals surface area contributed by atoms with E-state index in [1.54, 1.807) is 0 Å². The summed E-state index contributed by atoms with van der Waals surface area (Å²) in [5, 5.41) is 9.26. The second kappa shape index (κ2) is 6.27. The Morgan fingerprint density at radius 1 is 0.640 bits per heavy atom. The molecule has 4 aliphatic heterocycles. The van der Waals surface area contributed by atoms with Gasteiger partial charge in [-0.2, -0.15) is 0 Å². The van der Waals surface area contributed by atoms with Gasteiger partial charge in [-0.25, -0.2) is 0 Å². The topological polar surface area (TPSA) is 52.9 Å². The van der Waals surface area contributed by atoms with Gasteiger partial charge in [0.15, 0.2) is 0 Å². The Hall–Kier alpha value is -0.528. The number of nitrogens with zero attached hydrogens (tertiary/aromatic N) is 4. The molecule has 140 valence electrons. The predicted octanol–water partition coefficient (Wildman–Crippen LogP) is 5.48. The third kappa shape index (κ3) is 4.80. The molecule has 5 heteroatoms. The first-order valence-corrected chi connectivity index (χ1v) is 9.41. The van der Waals surface area contributed by atoms with Crippen LogP contribution >= 0.6 is 0 Å². The zero-order valence-electron chi connectivity index (χ0n) is 17.2. The van der Waals surface area contributed by atoms with Gasteiger partial charge in [0.05, 0.1) is 0 Å². The summed E-state index contributed by atoms with van der Waals surface area (Å²) in [5.74, 6) is 3.56. The zero-order chi connectivity index (χ0) is 18.0. The fourth-order valence-corrected chi connectivity index (χ4v) is 4.76. The molecule has 2 fully saturated rings. The van der Waals surface area contributed by atoms with Crippen molar-refractivity contribution >= 4 is 11.7 Å². The van der Waals surface area contributed by atoms with Crippen LogP contribution in [0.4, 0.5) is 0 Å². The van der Waals surface area contributed by atoms with Crippen LogP contribution < -0.4 is 0 Å². The molecule has 0 amide bonds. The quantitative estimate of drug-likeness (QED) is 0.533. The number of rotatable bonds is 0. The summed E-state index contributed by atoms with van der Waals surface area (Å²) in [6, 6.07) is 0. The molecule has 4 aliphatic rings. The molecule has 0 spiro atoms. The first-order chi connectivity index (χ1) is 10.8. The molecule has 4 nitrogen and oxygen atoms in total. The monoisotopic (exact) mass is 382 g/mol. The van der Waals surface area contributed by atoms with Crippen LogP contribution in [0.5, 0.6) is 0 Å². The summed E-state index contributed by atoms with van der Waals surface area (Å²) >= 11 is 0. The smallest absolute Gasteiger partial charge is 0.463 e. The predicted molar refractivity (Wildman–Crippen MR) is 103 cm³/mol. The number of fused-ring (bicyclic) bond motifs is 2. The third-order valence-corrected chi connectivity index (χ3v) is 5.38. The van der Waals surface area contributed by atoms with E-state index in [0.29, 0.717) is 11.8 Å². The first-order valence-electron chi connectivity index (χ1n) is 9.41. The zero-order valence-corrected chi connectivity index (χ0v) is 18.5. The summed E-state index contributed by atoms with van der Waals surface area (Å²) in [6.45, 7) is 17.6. The van der Waals surface area contributed by atoms with Crippen LogP contribution in [0.2, 0.25) is 0 Å². The van der Waals surface area contributed by atoms with Crippen LogP contribution in [0.15, 0.2) is 9.98 Å². The summed E-state index contributed by atoms with van der Waals surface area (Å²) in [4.78, 5) is 9.26. The average molecular weight is 383 g/mol. The average Bonchev–Trinajstić information content (AvgIpc) is 2.89. The van der Waals surface area contributed by atoms with Gasteiger partial charge in [0, 0.05) is 0 Å². The molecule has 0 radical (unpaired) electrons. The third-order valence-electron chi connectivity index (χ3n) is 5.38. The van der Waals surface area contributed by atoms with Gasteiger partial charge in [-0.05, 0) is 59.7 Å². The van der Waals surface area contributed by atoms with Gasteiger partial charge in [-0.3, -0.25) is 0 Å². The summed E-state index contributed by atoms with van der Waals surface area (Å²) in [6.07, 6.45) is 4.76. The minimum Gasteiger partial charge on any atom is -0.463 e. The second-order valence-electron chi connectivity index (χ2n) is 10.6. The molecule has 0 N–H and O–H groups in total. The Balaban J connectivity index is 0.000000173. The van der Waals surface area contributed by atoms with E-state index >= 15 is 0 Å². The number of amidine groups is 2. The van der Waals surface area contributed by atoms with Gasteiger partial charge in [0.1, 0.15) is 0 Å². The van der Waals surface area contributed by atoms with Crippen molar-refractivity contribution in [2.24, 2.45) is 21.8 Å². The van der Waals surface area contributed by atoms with Crippen molar-refractivity contribution in [2.45, 2.75) is 103 Å². The molecule has 2 atom stereocenters. The van der Waals surface area contributed by atoms with Gasteiger partial charge in [-0.15, -0.1) is 0 Å². The van der Waals surface area contributed by atoms with Gasteiger partial charge in [0.2, 0.25) is 0 Å². The molecule has 0 aliphatic carbocycles. The van der Waals surface area contributed by atoms with Crippen LogP contribution in [0.3, 0.4) is 0 Å². The van der Waals surface area contributed by atoms with E-state index in [9.17, 15) is 0 Å². The summed E-state index contributed by atoms with van der Waals surface area (Å²) in [5.41, 5.74) is 0.611. The SMILES string of the molecule is CC1(C)CC2CC(C)(C)[N-]C2=N1.CC1(C)CC2CC(C)(C)[N-]C2=N1.[Cr+2]. The van der Waals surface area contributed by atoms with E-state index in [-0.39, 0.29) is 39.5 Å². The molecule has 0 bridgehead atoms. The van der Waals surface area contributed by atoms with E-state index in [1.165, 1.54) is 25.7 Å². The van der Waals surface area contributed by atoms with Crippen molar-refractivity contribution in [1.29, 1.82) is 0 Å². The Labute approximate surface area is 164 Å². The Morgan fingerprint density at radius 2 is 0.960 bits per heavy atom. The molecule has 0 aromatic heterocycles.